The Kier molecular flexibility index (Phi) is 4.88. The smallest absolute Gasteiger partial charge is 0.235 e. The van der Waals surface area contributed by atoms with Crippen LogP contribution in [-0.4, -0.2) is 35.7 Å². The predicted molar refractivity (Wildman–Crippen MR) is 80.3 cm³/mol. The first-order chi connectivity index (χ1) is 9.06. The van der Waals surface area contributed by atoms with Crippen molar-refractivity contribution in [3.63, 3.8) is 0 Å². The summed E-state index contributed by atoms with van der Waals surface area (Å²) in [5.41, 5.74) is 1.29. The highest BCUT2D eigenvalue weighted by molar-refractivity contribution is 8.00. The van der Waals surface area contributed by atoms with Gasteiger partial charge < -0.3 is 10.2 Å². The molecule has 1 atom stereocenters. The predicted octanol–water partition coefficient (Wildman–Crippen LogP) is 2.51. The number of hydrogen-bond donors (Lipinski definition) is 1. The van der Waals surface area contributed by atoms with E-state index in [4.69, 9.17) is 0 Å². The van der Waals surface area contributed by atoms with E-state index in [1.165, 1.54) is 10.5 Å². The molecule has 1 amide bonds. The molecule has 0 spiro atoms. The van der Waals surface area contributed by atoms with Crippen molar-refractivity contribution in [3.05, 3.63) is 29.8 Å². The lowest BCUT2D eigenvalue weighted by atomic mass is 10.2. The zero-order valence-electron chi connectivity index (χ0n) is 11.8. The molecule has 1 fully saturated rings. The first kappa shape index (κ1) is 14.4. The number of thioether (sulfide) groups is 1. The van der Waals surface area contributed by atoms with E-state index in [9.17, 15) is 4.79 Å². The van der Waals surface area contributed by atoms with Crippen molar-refractivity contribution in [1.82, 2.24) is 10.2 Å². The SMILES string of the molecule is CC(C)NCc1ccc(SC2CCN(C)C2=O)cc1. The van der Waals surface area contributed by atoms with E-state index in [0.717, 1.165) is 19.5 Å². The van der Waals surface area contributed by atoms with E-state index >= 15 is 0 Å². The molecule has 1 unspecified atom stereocenters. The van der Waals surface area contributed by atoms with Gasteiger partial charge in [0, 0.05) is 31.1 Å². The third-order valence-electron chi connectivity index (χ3n) is 3.29. The maximum absolute atomic E-state index is 11.8. The molecule has 0 radical (unpaired) electrons. The van der Waals surface area contributed by atoms with Crippen molar-refractivity contribution >= 4 is 17.7 Å². The standard InChI is InChI=1S/C15H22N2OS/c1-11(2)16-10-12-4-6-13(7-5-12)19-14-8-9-17(3)15(14)18/h4-7,11,14,16H,8-10H2,1-3H3. The van der Waals surface area contributed by atoms with Crippen molar-refractivity contribution in [2.24, 2.45) is 0 Å². The normalized spacial score (nSPS) is 19.5. The molecule has 1 aliphatic rings. The van der Waals surface area contributed by atoms with Gasteiger partial charge in [0.1, 0.15) is 0 Å². The third-order valence-corrected chi connectivity index (χ3v) is 4.56. The van der Waals surface area contributed by atoms with E-state index in [2.05, 4.69) is 43.4 Å². The number of amides is 1. The number of carbonyl (C=O) groups excluding carboxylic acids is 1. The zero-order chi connectivity index (χ0) is 13.8. The number of benzene rings is 1. The lowest BCUT2D eigenvalue weighted by Crippen LogP contribution is -2.23. The zero-order valence-corrected chi connectivity index (χ0v) is 12.7. The van der Waals surface area contributed by atoms with Gasteiger partial charge in [-0.3, -0.25) is 4.79 Å². The van der Waals surface area contributed by atoms with Gasteiger partial charge in [0.15, 0.2) is 0 Å². The van der Waals surface area contributed by atoms with Crippen LogP contribution >= 0.6 is 11.8 Å². The summed E-state index contributed by atoms with van der Waals surface area (Å²) in [5.74, 6) is 0.260. The van der Waals surface area contributed by atoms with Gasteiger partial charge in [-0.1, -0.05) is 26.0 Å². The summed E-state index contributed by atoms with van der Waals surface area (Å²) in [7, 11) is 1.88. The van der Waals surface area contributed by atoms with Crippen molar-refractivity contribution in [3.8, 4) is 0 Å². The number of likely N-dealkylation sites (tertiary alicyclic amines) is 1. The molecule has 1 saturated heterocycles. The van der Waals surface area contributed by atoms with E-state index in [1.807, 2.05) is 11.9 Å². The van der Waals surface area contributed by atoms with E-state index < -0.39 is 0 Å². The highest BCUT2D eigenvalue weighted by Crippen LogP contribution is 2.30. The van der Waals surface area contributed by atoms with Crippen LogP contribution in [0.5, 0.6) is 0 Å². The van der Waals surface area contributed by atoms with Crippen LogP contribution in [0.4, 0.5) is 0 Å². The molecule has 4 heteroatoms. The van der Waals surface area contributed by atoms with Gasteiger partial charge >= 0.3 is 0 Å². The maximum atomic E-state index is 11.8. The second-order valence-corrected chi connectivity index (χ2v) is 6.61. The molecule has 0 aromatic heterocycles. The Labute approximate surface area is 119 Å². The number of nitrogens with one attached hydrogen (secondary N) is 1. The molecular weight excluding hydrogens is 256 g/mol. The number of nitrogens with zero attached hydrogens (tertiary/aromatic N) is 1. The lowest BCUT2D eigenvalue weighted by molar-refractivity contribution is -0.126. The second-order valence-electron chi connectivity index (χ2n) is 5.33. The van der Waals surface area contributed by atoms with Gasteiger partial charge in [-0.25, -0.2) is 0 Å². The van der Waals surface area contributed by atoms with Crippen LogP contribution in [0.3, 0.4) is 0 Å². The van der Waals surface area contributed by atoms with Gasteiger partial charge in [-0.15, -0.1) is 11.8 Å². The Morgan fingerprint density at radius 2 is 2.05 bits per heavy atom. The Bertz CT molecular complexity index is 430. The molecule has 0 aliphatic carbocycles. The van der Waals surface area contributed by atoms with Crippen molar-refractivity contribution in [2.75, 3.05) is 13.6 Å². The Balaban J connectivity index is 1.90. The monoisotopic (exact) mass is 278 g/mol. The summed E-state index contributed by atoms with van der Waals surface area (Å²) < 4.78 is 0. The van der Waals surface area contributed by atoms with Crippen LogP contribution in [0.15, 0.2) is 29.2 Å². The summed E-state index contributed by atoms with van der Waals surface area (Å²) in [6, 6.07) is 9.02. The summed E-state index contributed by atoms with van der Waals surface area (Å²) >= 11 is 1.68. The average molecular weight is 278 g/mol. The fraction of sp³-hybridized carbons (Fsp3) is 0.533. The highest BCUT2D eigenvalue weighted by Gasteiger charge is 2.29. The van der Waals surface area contributed by atoms with E-state index in [1.54, 1.807) is 11.8 Å². The fourth-order valence-corrected chi connectivity index (χ4v) is 3.20. The molecule has 1 aromatic carbocycles. The van der Waals surface area contributed by atoms with Crippen LogP contribution in [0.1, 0.15) is 25.8 Å². The van der Waals surface area contributed by atoms with Gasteiger partial charge in [0.05, 0.1) is 5.25 Å². The van der Waals surface area contributed by atoms with Crippen LogP contribution in [-0.2, 0) is 11.3 Å². The molecule has 2 rings (SSSR count). The van der Waals surface area contributed by atoms with Gasteiger partial charge in [-0.2, -0.15) is 0 Å². The minimum atomic E-state index is 0.102. The van der Waals surface area contributed by atoms with Crippen molar-refractivity contribution in [1.29, 1.82) is 0 Å². The molecule has 104 valence electrons. The number of carbonyl (C=O) groups is 1. The molecule has 1 N–H and O–H groups in total. The topological polar surface area (TPSA) is 32.3 Å². The van der Waals surface area contributed by atoms with E-state index in [0.29, 0.717) is 6.04 Å². The minimum absolute atomic E-state index is 0.102. The second kappa shape index (κ2) is 6.44. The number of rotatable bonds is 5. The van der Waals surface area contributed by atoms with Crippen molar-refractivity contribution < 1.29 is 4.79 Å². The molecule has 19 heavy (non-hydrogen) atoms. The Hall–Kier alpha value is -1.00. The van der Waals surface area contributed by atoms with Crippen LogP contribution < -0.4 is 5.32 Å². The van der Waals surface area contributed by atoms with Crippen LogP contribution in [0.2, 0.25) is 0 Å². The van der Waals surface area contributed by atoms with E-state index in [-0.39, 0.29) is 11.2 Å². The van der Waals surface area contributed by atoms with Gasteiger partial charge in [0.2, 0.25) is 5.91 Å². The summed E-state index contributed by atoms with van der Waals surface area (Å²) in [6.07, 6.45) is 0.955. The number of hydrogen-bond acceptors (Lipinski definition) is 3. The van der Waals surface area contributed by atoms with Crippen LogP contribution in [0.25, 0.3) is 0 Å². The third kappa shape index (κ3) is 3.98. The Morgan fingerprint density at radius 3 is 2.58 bits per heavy atom. The quantitative estimate of drug-likeness (QED) is 0.898. The molecule has 3 nitrogen and oxygen atoms in total. The summed E-state index contributed by atoms with van der Waals surface area (Å²) in [6.45, 7) is 6.07. The van der Waals surface area contributed by atoms with Gasteiger partial charge in [-0.05, 0) is 24.1 Å². The highest BCUT2D eigenvalue weighted by atomic mass is 32.2. The summed E-state index contributed by atoms with van der Waals surface area (Å²) in [4.78, 5) is 14.8. The fourth-order valence-electron chi connectivity index (χ4n) is 2.07. The van der Waals surface area contributed by atoms with Gasteiger partial charge in [0.25, 0.3) is 0 Å². The lowest BCUT2D eigenvalue weighted by Gasteiger charge is -2.11. The summed E-state index contributed by atoms with van der Waals surface area (Å²) in [5, 5.41) is 3.50. The molecule has 1 aromatic rings. The molecule has 0 bridgehead atoms. The average Bonchev–Trinajstić information content (AvgIpc) is 2.70. The van der Waals surface area contributed by atoms with Crippen LogP contribution in [0, 0.1) is 0 Å². The maximum Gasteiger partial charge on any atom is 0.235 e. The Morgan fingerprint density at radius 1 is 1.37 bits per heavy atom. The van der Waals surface area contributed by atoms with Crippen molar-refractivity contribution in [2.45, 2.75) is 43.0 Å². The first-order valence-corrected chi connectivity index (χ1v) is 7.68. The minimum Gasteiger partial charge on any atom is -0.345 e. The molecule has 1 aliphatic heterocycles. The molecule has 1 heterocycles. The largest absolute Gasteiger partial charge is 0.345 e. The molecular formula is C15H22N2OS. The first-order valence-electron chi connectivity index (χ1n) is 6.80. The molecule has 0 saturated carbocycles.